The smallest absolute Gasteiger partial charge is 0.344 e. The summed E-state index contributed by atoms with van der Waals surface area (Å²) in [7, 11) is 0. The zero-order chi connectivity index (χ0) is 22.2. The summed E-state index contributed by atoms with van der Waals surface area (Å²) in [5.74, 6) is -1.01. The number of amides is 4. The van der Waals surface area contributed by atoms with E-state index in [-0.39, 0.29) is 10.6 Å². The Labute approximate surface area is 183 Å². The van der Waals surface area contributed by atoms with Crippen LogP contribution in [-0.4, -0.2) is 54.2 Å². The fourth-order valence-corrected chi connectivity index (χ4v) is 4.18. The van der Waals surface area contributed by atoms with E-state index in [1.807, 2.05) is 0 Å². The van der Waals surface area contributed by atoms with Crippen LogP contribution in [0.4, 0.5) is 4.79 Å². The van der Waals surface area contributed by atoms with Crippen LogP contribution in [0.15, 0.2) is 12.1 Å². The normalized spacial score (nSPS) is 24.7. The average molecular weight is 452 g/mol. The molecule has 0 unspecified atom stereocenters. The lowest BCUT2D eigenvalue weighted by Crippen LogP contribution is -2.52. The number of ether oxygens (including phenoxy) is 3. The average Bonchev–Trinajstić information content (AvgIpc) is 2.98. The van der Waals surface area contributed by atoms with Crippen molar-refractivity contribution in [1.29, 1.82) is 0 Å². The number of urea groups is 1. The van der Waals surface area contributed by atoms with E-state index in [2.05, 4.69) is 17.7 Å². The Kier molecular flexibility index (Phi) is 5.65. The lowest BCUT2D eigenvalue weighted by atomic mass is 9.77. The van der Waals surface area contributed by atoms with Gasteiger partial charge in [0.25, 0.3) is 11.8 Å². The van der Waals surface area contributed by atoms with E-state index in [1.165, 1.54) is 12.1 Å². The SMILES string of the molecule is CC1CCC2(CC1)NC(=O)N(NC(=O)COC(=O)c1cc(Cl)c3c(c1)OCCO3)C2=O. The Hall–Kier alpha value is -3.01. The van der Waals surface area contributed by atoms with Crippen molar-refractivity contribution < 1.29 is 33.4 Å². The fraction of sp³-hybridized carbons (Fsp3) is 0.500. The molecule has 0 bridgehead atoms. The van der Waals surface area contributed by atoms with Crippen molar-refractivity contribution in [2.75, 3.05) is 19.8 Å². The molecule has 0 aromatic heterocycles. The summed E-state index contributed by atoms with van der Waals surface area (Å²) in [4.78, 5) is 49.5. The molecule has 1 aliphatic carbocycles. The van der Waals surface area contributed by atoms with Gasteiger partial charge in [0, 0.05) is 0 Å². The number of halogens is 1. The van der Waals surface area contributed by atoms with Gasteiger partial charge in [-0.25, -0.2) is 9.59 Å². The van der Waals surface area contributed by atoms with Crippen molar-refractivity contribution in [3.8, 4) is 11.5 Å². The number of hydrogen-bond donors (Lipinski definition) is 2. The van der Waals surface area contributed by atoms with Gasteiger partial charge in [-0.05, 0) is 43.7 Å². The molecule has 31 heavy (non-hydrogen) atoms. The number of hydrogen-bond acceptors (Lipinski definition) is 7. The van der Waals surface area contributed by atoms with Gasteiger partial charge in [0.1, 0.15) is 18.8 Å². The maximum absolute atomic E-state index is 12.7. The van der Waals surface area contributed by atoms with Crippen molar-refractivity contribution >= 4 is 35.4 Å². The van der Waals surface area contributed by atoms with Crippen molar-refractivity contribution in [1.82, 2.24) is 15.8 Å². The highest BCUT2D eigenvalue weighted by molar-refractivity contribution is 6.32. The fourth-order valence-electron chi connectivity index (χ4n) is 3.92. The Morgan fingerprint density at radius 3 is 2.71 bits per heavy atom. The second kappa shape index (κ2) is 8.26. The molecule has 1 aromatic carbocycles. The van der Waals surface area contributed by atoms with E-state index in [9.17, 15) is 19.2 Å². The molecule has 0 atom stereocenters. The zero-order valence-corrected chi connectivity index (χ0v) is 17.6. The third-order valence-corrected chi connectivity index (χ3v) is 5.97. The second-order valence-corrected chi connectivity index (χ2v) is 8.34. The highest BCUT2D eigenvalue weighted by Gasteiger charge is 2.52. The van der Waals surface area contributed by atoms with Gasteiger partial charge >= 0.3 is 12.0 Å². The molecular weight excluding hydrogens is 430 g/mol. The molecule has 0 radical (unpaired) electrons. The third-order valence-electron chi connectivity index (χ3n) is 5.69. The van der Waals surface area contributed by atoms with Gasteiger partial charge < -0.3 is 19.5 Å². The predicted octanol–water partition coefficient (Wildman–Crippen LogP) is 1.80. The van der Waals surface area contributed by atoms with Crippen LogP contribution in [0.3, 0.4) is 0 Å². The minimum Gasteiger partial charge on any atom is -0.486 e. The highest BCUT2D eigenvalue weighted by atomic mass is 35.5. The Morgan fingerprint density at radius 1 is 1.26 bits per heavy atom. The maximum atomic E-state index is 12.7. The van der Waals surface area contributed by atoms with Crippen molar-refractivity contribution in [3.63, 3.8) is 0 Å². The molecule has 10 nitrogen and oxygen atoms in total. The van der Waals surface area contributed by atoms with Crippen molar-refractivity contribution in [2.24, 2.45) is 5.92 Å². The molecule has 1 spiro atoms. The first-order valence-corrected chi connectivity index (χ1v) is 10.4. The van der Waals surface area contributed by atoms with E-state index in [0.717, 1.165) is 12.8 Å². The maximum Gasteiger partial charge on any atom is 0.344 e. The highest BCUT2D eigenvalue weighted by Crippen LogP contribution is 2.38. The number of esters is 1. The summed E-state index contributed by atoms with van der Waals surface area (Å²) in [6.45, 7) is 2.07. The Bertz CT molecular complexity index is 943. The number of benzene rings is 1. The van der Waals surface area contributed by atoms with E-state index < -0.39 is 36.0 Å². The number of carbonyl (C=O) groups excluding carboxylic acids is 4. The molecule has 4 amide bonds. The van der Waals surface area contributed by atoms with Crippen LogP contribution in [0, 0.1) is 5.92 Å². The number of nitrogens with zero attached hydrogens (tertiary/aromatic N) is 1. The lowest BCUT2D eigenvalue weighted by molar-refractivity contribution is -0.141. The largest absolute Gasteiger partial charge is 0.486 e. The topological polar surface area (TPSA) is 123 Å². The molecule has 2 heterocycles. The number of imide groups is 1. The van der Waals surface area contributed by atoms with Gasteiger partial charge in [0.05, 0.1) is 10.6 Å². The molecule has 11 heteroatoms. The Morgan fingerprint density at radius 2 is 1.97 bits per heavy atom. The van der Waals surface area contributed by atoms with Gasteiger partial charge in [-0.15, -0.1) is 0 Å². The molecule has 166 valence electrons. The monoisotopic (exact) mass is 451 g/mol. The summed E-state index contributed by atoms with van der Waals surface area (Å²) in [6.07, 6.45) is 2.66. The summed E-state index contributed by atoms with van der Waals surface area (Å²) in [5.41, 5.74) is 1.31. The van der Waals surface area contributed by atoms with Gasteiger partial charge in [0.15, 0.2) is 18.1 Å². The molecule has 2 fully saturated rings. The van der Waals surface area contributed by atoms with Crippen LogP contribution < -0.4 is 20.2 Å². The molecule has 3 aliphatic rings. The summed E-state index contributed by atoms with van der Waals surface area (Å²) in [6, 6.07) is 2.06. The lowest BCUT2D eigenvalue weighted by Gasteiger charge is -2.33. The van der Waals surface area contributed by atoms with E-state index in [1.54, 1.807) is 0 Å². The van der Waals surface area contributed by atoms with Gasteiger partial charge in [0.2, 0.25) is 0 Å². The van der Waals surface area contributed by atoms with E-state index >= 15 is 0 Å². The molecular formula is C20H22ClN3O7. The van der Waals surface area contributed by atoms with Crippen LogP contribution in [-0.2, 0) is 14.3 Å². The summed E-state index contributed by atoms with van der Waals surface area (Å²) < 4.78 is 15.8. The van der Waals surface area contributed by atoms with Crippen LogP contribution in [0.25, 0.3) is 0 Å². The van der Waals surface area contributed by atoms with Crippen molar-refractivity contribution in [3.05, 3.63) is 22.7 Å². The number of rotatable bonds is 4. The van der Waals surface area contributed by atoms with Crippen LogP contribution in [0.2, 0.25) is 5.02 Å². The van der Waals surface area contributed by atoms with Gasteiger partial charge in [-0.1, -0.05) is 18.5 Å². The van der Waals surface area contributed by atoms with Crippen LogP contribution in [0.1, 0.15) is 43.0 Å². The minimum absolute atomic E-state index is 0.0762. The summed E-state index contributed by atoms with van der Waals surface area (Å²) in [5, 5.41) is 3.54. The number of nitrogens with one attached hydrogen (secondary N) is 2. The first-order valence-electron chi connectivity index (χ1n) is 10.0. The van der Waals surface area contributed by atoms with E-state index in [4.69, 9.17) is 25.8 Å². The molecule has 1 saturated carbocycles. The van der Waals surface area contributed by atoms with Crippen LogP contribution >= 0.6 is 11.6 Å². The predicted molar refractivity (Wildman–Crippen MR) is 107 cm³/mol. The van der Waals surface area contributed by atoms with Gasteiger partial charge in [-0.3, -0.25) is 15.0 Å². The first kappa shape index (κ1) is 21.2. The zero-order valence-electron chi connectivity index (χ0n) is 16.9. The van der Waals surface area contributed by atoms with Crippen molar-refractivity contribution in [2.45, 2.75) is 38.1 Å². The molecule has 2 aliphatic heterocycles. The third kappa shape index (κ3) is 4.12. The first-order chi connectivity index (χ1) is 14.8. The van der Waals surface area contributed by atoms with Crippen LogP contribution in [0.5, 0.6) is 11.5 Å². The van der Waals surface area contributed by atoms with E-state index in [0.29, 0.717) is 48.5 Å². The minimum atomic E-state index is -0.977. The number of carbonyl (C=O) groups is 4. The van der Waals surface area contributed by atoms with Gasteiger partial charge in [-0.2, -0.15) is 5.01 Å². The number of hydrazine groups is 1. The molecule has 2 N–H and O–H groups in total. The molecule has 1 aromatic rings. The summed E-state index contributed by atoms with van der Waals surface area (Å²) >= 11 is 6.10. The number of fused-ring (bicyclic) bond motifs is 1. The Balaban J connectivity index is 1.34. The standard InChI is InChI=1S/C20H22ClN3O7/c1-11-2-4-20(5-3-11)18(27)24(19(28)22-20)23-15(25)10-31-17(26)12-8-13(21)16-14(9-12)29-6-7-30-16/h8-9,11H,2-7,10H2,1H3,(H,22,28)(H,23,25). The second-order valence-electron chi connectivity index (χ2n) is 7.93. The molecule has 4 rings (SSSR count). The molecule has 1 saturated heterocycles. The quantitative estimate of drug-likeness (QED) is 0.528.